The predicted molar refractivity (Wildman–Crippen MR) is 159 cm³/mol. The van der Waals surface area contributed by atoms with Gasteiger partial charge in [-0.05, 0) is 78.2 Å². The molecular weight excluding hydrogens is 536 g/mol. The van der Waals surface area contributed by atoms with E-state index in [0.29, 0.717) is 28.7 Å². The number of nitrogens with one attached hydrogen (secondary N) is 1. The molecule has 8 nitrogen and oxygen atoms in total. The van der Waals surface area contributed by atoms with E-state index in [0.717, 1.165) is 66.1 Å². The fraction of sp³-hybridized carbons (Fsp3) is 0.312. The van der Waals surface area contributed by atoms with Crippen LogP contribution in [0.2, 0.25) is 0 Å². The number of pyridine rings is 1. The smallest absolute Gasteiger partial charge is 0.137 e. The lowest BCUT2D eigenvalue weighted by atomic mass is 10.0. The van der Waals surface area contributed by atoms with Crippen LogP contribution in [0.1, 0.15) is 29.5 Å². The predicted octanol–water partition coefficient (Wildman–Crippen LogP) is 5.47. The second-order valence-electron chi connectivity index (χ2n) is 10.3. The molecular formula is C32H33N4O4S-. The van der Waals surface area contributed by atoms with Crippen LogP contribution in [0.3, 0.4) is 0 Å². The molecule has 0 radical (unpaired) electrons. The molecule has 1 N–H and O–H groups in total. The van der Waals surface area contributed by atoms with Crippen LogP contribution in [0.25, 0.3) is 28.2 Å². The van der Waals surface area contributed by atoms with Gasteiger partial charge in [0.05, 0.1) is 25.4 Å². The van der Waals surface area contributed by atoms with Gasteiger partial charge in [-0.15, -0.1) is 0 Å². The van der Waals surface area contributed by atoms with E-state index in [1.165, 1.54) is 12.8 Å². The fourth-order valence-corrected chi connectivity index (χ4v) is 4.88. The highest BCUT2D eigenvalue weighted by atomic mass is 32.2. The summed E-state index contributed by atoms with van der Waals surface area (Å²) in [7, 11) is 0. The second kappa shape index (κ2) is 13.7. The molecule has 212 valence electrons. The Balaban J connectivity index is 0.000000287. The molecule has 4 aromatic rings. The van der Waals surface area contributed by atoms with E-state index in [4.69, 9.17) is 9.47 Å². The minimum atomic E-state index is -2.09. The van der Waals surface area contributed by atoms with Crippen molar-refractivity contribution in [3.8, 4) is 22.9 Å². The summed E-state index contributed by atoms with van der Waals surface area (Å²) in [6.45, 7) is 7.10. The number of fused-ring (bicyclic) bond motifs is 1. The van der Waals surface area contributed by atoms with Crippen LogP contribution in [-0.2, 0) is 15.8 Å². The molecule has 1 atom stereocenters. The first kappa shape index (κ1) is 28.7. The largest absolute Gasteiger partial charge is 0.768 e. The highest BCUT2D eigenvalue weighted by Gasteiger charge is 2.22. The molecule has 2 aromatic heterocycles. The maximum absolute atomic E-state index is 10.3. The summed E-state index contributed by atoms with van der Waals surface area (Å²) in [6.07, 6.45) is 10.6. The lowest BCUT2D eigenvalue weighted by molar-refractivity contribution is 0.0435. The van der Waals surface area contributed by atoms with Crippen molar-refractivity contribution in [3.63, 3.8) is 0 Å². The number of hydrogen-bond donors (Lipinski definition) is 1. The molecule has 1 aliphatic carbocycles. The standard InChI is InChI=1S/C25H26N4O2.C7H8O2S/c26-14-21-13-20(5-6-24(21)31-17-18-3-4-18)23-16-28-25-22(23)12-19(15-27-25)2-1-7-29-8-10-30-11-9-29;1-6-2-4-7(5-3-6)10(8)9/h1-2,5-6,12-13,15-16,18H,3-4,7-11,17H2,(H,27,28);2-5H,1H3,(H,8,9)/p-1/b2-1+;. The Hall–Kier alpha value is -3.81. The Morgan fingerprint density at radius 2 is 1.98 bits per heavy atom. The first-order valence-corrected chi connectivity index (χ1v) is 14.8. The Morgan fingerprint density at radius 3 is 2.68 bits per heavy atom. The summed E-state index contributed by atoms with van der Waals surface area (Å²) >= 11 is -2.09. The minimum Gasteiger partial charge on any atom is -0.768 e. The number of nitriles is 1. The average Bonchev–Trinajstić information content (AvgIpc) is 3.74. The third kappa shape index (κ3) is 7.90. The van der Waals surface area contributed by atoms with Crippen molar-refractivity contribution in [2.75, 3.05) is 39.5 Å². The number of hydrogen-bond acceptors (Lipinski definition) is 7. The molecule has 1 aliphatic heterocycles. The highest BCUT2D eigenvalue weighted by Crippen LogP contribution is 2.34. The first-order chi connectivity index (χ1) is 20.0. The van der Waals surface area contributed by atoms with Gasteiger partial charge in [-0.2, -0.15) is 5.26 Å². The van der Waals surface area contributed by atoms with Crippen LogP contribution in [0, 0.1) is 24.2 Å². The molecule has 41 heavy (non-hydrogen) atoms. The number of benzene rings is 2. The Bertz CT molecular complexity index is 1570. The van der Waals surface area contributed by atoms with E-state index in [1.807, 2.05) is 37.5 Å². The van der Waals surface area contributed by atoms with Gasteiger partial charge in [0.15, 0.2) is 0 Å². The minimum absolute atomic E-state index is 0.339. The molecule has 0 amide bonds. The number of aromatic amines is 1. The van der Waals surface area contributed by atoms with Crippen LogP contribution < -0.4 is 4.74 Å². The molecule has 1 saturated carbocycles. The zero-order valence-electron chi connectivity index (χ0n) is 23.0. The Labute approximate surface area is 242 Å². The van der Waals surface area contributed by atoms with Crippen LogP contribution in [0.15, 0.2) is 71.9 Å². The number of nitrogens with zero attached hydrogens (tertiary/aromatic N) is 3. The monoisotopic (exact) mass is 569 g/mol. The lowest BCUT2D eigenvalue weighted by Crippen LogP contribution is -2.36. The van der Waals surface area contributed by atoms with Gasteiger partial charge in [0, 0.05) is 47.9 Å². The molecule has 3 heterocycles. The quantitative estimate of drug-likeness (QED) is 0.280. The molecule has 2 fully saturated rings. The fourth-order valence-electron chi connectivity index (χ4n) is 4.52. The highest BCUT2D eigenvalue weighted by molar-refractivity contribution is 7.79. The Kier molecular flexibility index (Phi) is 9.59. The number of aromatic nitrogens is 2. The van der Waals surface area contributed by atoms with E-state index >= 15 is 0 Å². The molecule has 0 bridgehead atoms. The SMILES string of the molecule is Cc1ccc(S(=O)[O-])cc1.N#Cc1cc(-c2c[nH]c3ncc(/C=C/CN4CCOCC4)cc23)ccc1OCC1CC1. The zero-order valence-corrected chi connectivity index (χ0v) is 23.9. The summed E-state index contributed by atoms with van der Waals surface area (Å²) in [4.78, 5) is 10.5. The van der Waals surface area contributed by atoms with Crippen molar-refractivity contribution in [1.82, 2.24) is 14.9 Å². The maximum atomic E-state index is 10.3. The number of morpholine rings is 1. The average molecular weight is 570 g/mol. The normalized spacial score (nSPS) is 16.2. The molecule has 9 heteroatoms. The van der Waals surface area contributed by atoms with E-state index in [9.17, 15) is 14.0 Å². The van der Waals surface area contributed by atoms with Gasteiger partial charge in [0.1, 0.15) is 17.5 Å². The summed E-state index contributed by atoms with van der Waals surface area (Å²) in [5, 5.41) is 10.7. The van der Waals surface area contributed by atoms with E-state index in [1.54, 1.807) is 24.3 Å². The van der Waals surface area contributed by atoms with Crippen LogP contribution in [-0.4, -0.2) is 63.1 Å². The Morgan fingerprint density at radius 1 is 1.20 bits per heavy atom. The number of H-pyrrole nitrogens is 1. The molecule has 2 aromatic carbocycles. The van der Waals surface area contributed by atoms with Crippen molar-refractivity contribution in [2.45, 2.75) is 24.7 Å². The van der Waals surface area contributed by atoms with Gasteiger partial charge in [-0.3, -0.25) is 9.11 Å². The summed E-state index contributed by atoms with van der Waals surface area (Å²) in [6, 6.07) is 17.0. The van der Waals surface area contributed by atoms with Crippen LogP contribution >= 0.6 is 0 Å². The molecule has 2 aliphatic rings. The van der Waals surface area contributed by atoms with E-state index in [-0.39, 0.29) is 0 Å². The first-order valence-electron chi connectivity index (χ1n) is 13.8. The third-order valence-corrected chi connectivity index (χ3v) is 7.78. The molecule has 6 rings (SSSR count). The number of ether oxygens (including phenoxy) is 2. The second-order valence-corrected chi connectivity index (χ2v) is 11.2. The van der Waals surface area contributed by atoms with Gasteiger partial charge in [-0.1, -0.05) is 35.9 Å². The number of aryl methyl sites for hydroxylation is 1. The molecule has 1 unspecified atom stereocenters. The molecule has 0 spiro atoms. The van der Waals surface area contributed by atoms with E-state index < -0.39 is 11.1 Å². The lowest BCUT2D eigenvalue weighted by Gasteiger charge is -2.25. The van der Waals surface area contributed by atoms with Crippen molar-refractivity contribution in [1.29, 1.82) is 5.26 Å². The molecule has 1 saturated heterocycles. The third-order valence-electron chi connectivity index (χ3n) is 7.13. The maximum Gasteiger partial charge on any atom is 0.137 e. The van der Waals surface area contributed by atoms with Crippen molar-refractivity contribution >= 4 is 28.2 Å². The summed E-state index contributed by atoms with van der Waals surface area (Å²) < 4.78 is 31.9. The summed E-state index contributed by atoms with van der Waals surface area (Å²) in [5.74, 6) is 1.32. The van der Waals surface area contributed by atoms with Crippen LogP contribution in [0.4, 0.5) is 0 Å². The van der Waals surface area contributed by atoms with Crippen molar-refractivity contribution in [3.05, 3.63) is 83.7 Å². The van der Waals surface area contributed by atoms with Gasteiger partial charge in [-0.25, -0.2) is 4.98 Å². The van der Waals surface area contributed by atoms with Gasteiger partial charge in [0.2, 0.25) is 0 Å². The van der Waals surface area contributed by atoms with Gasteiger partial charge < -0.3 is 19.0 Å². The zero-order chi connectivity index (χ0) is 28.6. The van der Waals surface area contributed by atoms with Gasteiger partial charge >= 0.3 is 0 Å². The topological polar surface area (TPSA) is 114 Å². The van der Waals surface area contributed by atoms with Gasteiger partial charge in [0.25, 0.3) is 0 Å². The number of rotatable bonds is 8. The van der Waals surface area contributed by atoms with E-state index in [2.05, 4.69) is 39.2 Å². The van der Waals surface area contributed by atoms with Crippen molar-refractivity contribution < 1.29 is 18.2 Å². The summed E-state index contributed by atoms with van der Waals surface area (Å²) in [5.41, 5.74) is 5.56. The van der Waals surface area contributed by atoms with Crippen molar-refractivity contribution in [2.24, 2.45) is 5.92 Å². The van der Waals surface area contributed by atoms with Crippen LogP contribution in [0.5, 0.6) is 5.75 Å².